The van der Waals surface area contributed by atoms with Crippen LogP contribution in [0, 0.1) is 0 Å². The van der Waals surface area contributed by atoms with E-state index < -0.39 is 6.10 Å². The first kappa shape index (κ1) is 71.8. The zero-order valence-corrected chi connectivity index (χ0v) is 49.1. The van der Waals surface area contributed by atoms with Gasteiger partial charge >= 0.3 is 17.9 Å². The molecule has 0 amide bonds. The lowest BCUT2D eigenvalue weighted by atomic mass is 10.1. The van der Waals surface area contributed by atoms with Crippen LogP contribution in [0.4, 0.5) is 0 Å². The molecule has 0 aromatic rings. The lowest BCUT2D eigenvalue weighted by Crippen LogP contribution is -2.30. The van der Waals surface area contributed by atoms with Crippen molar-refractivity contribution in [3.05, 3.63) is 170 Å². The third-order valence-corrected chi connectivity index (χ3v) is 12.2. The number of esters is 3. The summed E-state index contributed by atoms with van der Waals surface area (Å²) in [5, 5.41) is 0. The Bertz CT molecular complexity index is 1790. The maximum Gasteiger partial charge on any atom is 0.306 e. The van der Waals surface area contributed by atoms with Crippen LogP contribution in [0.15, 0.2) is 170 Å². The lowest BCUT2D eigenvalue weighted by molar-refractivity contribution is -0.167. The molecule has 0 aliphatic carbocycles. The van der Waals surface area contributed by atoms with E-state index >= 15 is 0 Å². The average molecular weight is 1060 g/mol. The van der Waals surface area contributed by atoms with Crippen LogP contribution in [0.3, 0.4) is 0 Å². The molecule has 0 fully saturated rings. The van der Waals surface area contributed by atoms with Crippen molar-refractivity contribution in [1.29, 1.82) is 0 Å². The molecule has 0 rings (SSSR count). The number of unbranched alkanes of at least 4 members (excludes halogenated alkanes) is 14. The normalized spacial score (nSPS) is 13.3. The van der Waals surface area contributed by atoms with Gasteiger partial charge in [-0.2, -0.15) is 0 Å². The van der Waals surface area contributed by atoms with Crippen molar-refractivity contribution < 1.29 is 28.6 Å². The number of carbonyl (C=O) groups is 3. The van der Waals surface area contributed by atoms with E-state index in [9.17, 15) is 14.4 Å². The van der Waals surface area contributed by atoms with Crippen LogP contribution >= 0.6 is 0 Å². The summed E-state index contributed by atoms with van der Waals surface area (Å²) >= 11 is 0. The molecule has 1 unspecified atom stereocenters. The van der Waals surface area contributed by atoms with Crippen LogP contribution < -0.4 is 0 Å². The molecular weight excluding hydrogens is 949 g/mol. The molecule has 0 heterocycles. The van der Waals surface area contributed by atoms with Gasteiger partial charge in [0.05, 0.1) is 0 Å². The molecule has 0 aliphatic heterocycles. The van der Waals surface area contributed by atoms with Gasteiger partial charge in [0.2, 0.25) is 0 Å². The van der Waals surface area contributed by atoms with Gasteiger partial charge in [-0.25, -0.2) is 0 Å². The minimum Gasteiger partial charge on any atom is -0.462 e. The summed E-state index contributed by atoms with van der Waals surface area (Å²) in [6.07, 6.45) is 93.5. The first-order chi connectivity index (χ1) is 38.0. The van der Waals surface area contributed by atoms with Gasteiger partial charge in [-0.05, 0) is 148 Å². The van der Waals surface area contributed by atoms with Crippen molar-refractivity contribution in [2.24, 2.45) is 0 Å². The molecule has 1 atom stereocenters. The molecule has 430 valence electrons. The molecule has 0 aromatic heterocycles. The minimum absolute atomic E-state index is 0.114. The second-order valence-corrected chi connectivity index (χ2v) is 19.5. The lowest BCUT2D eigenvalue weighted by Gasteiger charge is -2.18. The summed E-state index contributed by atoms with van der Waals surface area (Å²) in [6.45, 7) is 6.23. The highest BCUT2D eigenvalue weighted by Crippen LogP contribution is 2.13. The van der Waals surface area contributed by atoms with Gasteiger partial charge < -0.3 is 14.2 Å². The Morgan fingerprint density at radius 2 is 0.468 bits per heavy atom. The van der Waals surface area contributed by atoms with Gasteiger partial charge in [-0.1, -0.05) is 242 Å². The van der Waals surface area contributed by atoms with Gasteiger partial charge in [-0.3, -0.25) is 14.4 Å². The third kappa shape index (κ3) is 61.5. The molecule has 77 heavy (non-hydrogen) atoms. The molecule has 0 bridgehead atoms. The number of hydrogen-bond acceptors (Lipinski definition) is 6. The van der Waals surface area contributed by atoms with Gasteiger partial charge in [0.25, 0.3) is 0 Å². The molecule has 0 saturated carbocycles. The van der Waals surface area contributed by atoms with Crippen molar-refractivity contribution >= 4 is 17.9 Å². The van der Waals surface area contributed by atoms with Gasteiger partial charge in [0.1, 0.15) is 13.2 Å². The van der Waals surface area contributed by atoms with E-state index in [-0.39, 0.29) is 31.1 Å². The van der Waals surface area contributed by atoms with E-state index in [1.54, 1.807) is 0 Å². The van der Waals surface area contributed by atoms with E-state index in [2.05, 4.69) is 191 Å². The first-order valence-corrected chi connectivity index (χ1v) is 30.6. The highest BCUT2D eigenvalue weighted by Gasteiger charge is 2.19. The Balaban J connectivity index is 4.48. The third-order valence-electron chi connectivity index (χ3n) is 12.2. The summed E-state index contributed by atoms with van der Waals surface area (Å²) < 4.78 is 16.8. The van der Waals surface area contributed by atoms with Crippen LogP contribution in [0.1, 0.15) is 239 Å². The maximum absolute atomic E-state index is 12.9. The van der Waals surface area contributed by atoms with Crippen LogP contribution in [0.2, 0.25) is 0 Å². The van der Waals surface area contributed by atoms with E-state index in [0.29, 0.717) is 25.7 Å². The smallest absolute Gasteiger partial charge is 0.306 e. The van der Waals surface area contributed by atoms with Crippen LogP contribution in [0.25, 0.3) is 0 Å². The van der Waals surface area contributed by atoms with Gasteiger partial charge in [0, 0.05) is 19.3 Å². The number of carbonyl (C=O) groups excluding carboxylic acids is 3. The van der Waals surface area contributed by atoms with Crippen molar-refractivity contribution in [1.82, 2.24) is 0 Å². The Kier molecular flexibility index (Phi) is 59.0. The van der Waals surface area contributed by atoms with Crippen molar-refractivity contribution in [3.8, 4) is 0 Å². The molecule has 0 N–H and O–H groups in total. The second-order valence-electron chi connectivity index (χ2n) is 19.5. The zero-order valence-electron chi connectivity index (χ0n) is 49.1. The summed E-state index contributed by atoms with van der Waals surface area (Å²) in [5.41, 5.74) is 0. The van der Waals surface area contributed by atoms with Crippen LogP contribution in [-0.2, 0) is 28.6 Å². The number of hydrogen-bond donors (Lipinski definition) is 0. The van der Waals surface area contributed by atoms with Crippen molar-refractivity contribution in [3.63, 3.8) is 0 Å². The van der Waals surface area contributed by atoms with Crippen LogP contribution in [0.5, 0.6) is 0 Å². The Morgan fingerprint density at radius 3 is 0.753 bits per heavy atom. The zero-order chi connectivity index (χ0) is 55.7. The summed E-state index contributed by atoms with van der Waals surface area (Å²) in [6, 6.07) is 0. The number of ether oxygens (including phenoxy) is 3. The van der Waals surface area contributed by atoms with E-state index in [1.807, 2.05) is 0 Å². The minimum atomic E-state index is -0.819. The topological polar surface area (TPSA) is 78.9 Å². The molecule has 0 radical (unpaired) electrons. The summed E-state index contributed by atoms with van der Waals surface area (Å²) in [4.78, 5) is 38.3. The van der Waals surface area contributed by atoms with Crippen molar-refractivity contribution in [2.45, 2.75) is 245 Å². The largest absolute Gasteiger partial charge is 0.462 e. The highest BCUT2D eigenvalue weighted by molar-refractivity contribution is 5.71. The maximum atomic E-state index is 12.9. The number of rotatable bonds is 53. The summed E-state index contributed by atoms with van der Waals surface area (Å²) in [7, 11) is 0. The fourth-order valence-electron chi connectivity index (χ4n) is 7.72. The monoisotopic (exact) mass is 1060 g/mol. The van der Waals surface area contributed by atoms with Crippen molar-refractivity contribution in [2.75, 3.05) is 13.2 Å². The SMILES string of the molecule is CC/C=C\C/C=C\C/C=C\C/C=C\C/C=C\C/C=C\C/C=C\CCCCCCCC(=O)OCC(COC(=O)CCCC/C=C\C/C=C\C/C=C\C/C=C\CC)OC(=O)CCCCCCCCC/C=C\C/C=C\C/C=C\CC. The summed E-state index contributed by atoms with van der Waals surface area (Å²) in [5.74, 6) is -0.991. The quantitative estimate of drug-likeness (QED) is 0.0261. The van der Waals surface area contributed by atoms with Gasteiger partial charge in [0.15, 0.2) is 6.10 Å². The number of allylic oxidation sites excluding steroid dienone is 28. The fourth-order valence-corrected chi connectivity index (χ4v) is 7.72. The predicted molar refractivity (Wildman–Crippen MR) is 334 cm³/mol. The molecular formula is C71H110O6. The van der Waals surface area contributed by atoms with E-state index in [4.69, 9.17) is 14.2 Å². The van der Waals surface area contributed by atoms with E-state index in [0.717, 1.165) is 173 Å². The Hall–Kier alpha value is -5.23. The average Bonchev–Trinajstić information content (AvgIpc) is 3.43. The Morgan fingerprint density at radius 1 is 0.260 bits per heavy atom. The predicted octanol–water partition coefficient (Wildman–Crippen LogP) is 21.1. The molecule has 0 aromatic carbocycles. The fraction of sp³-hybridized carbons (Fsp3) is 0.563. The first-order valence-electron chi connectivity index (χ1n) is 30.6. The van der Waals surface area contributed by atoms with E-state index in [1.165, 1.54) is 19.3 Å². The molecule has 6 nitrogen and oxygen atoms in total. The second kappa shape index (κ2) is 63.3. The van der Waals surface area contributed by atoms with Gasteiger partial charge in [-0.15, -0.1) is 0 Å². The molecule has 0 saturated heterocycles. The Labute approximate surface area is 472 Å². The molecule has 0 spiro atoms. The molecule has 0 aliphatic rings. The standard InChI is InChI=1S/C71H110O6/c1-4-7-10-13-16-19-22-25-28-30-31-32-33-34-35-36-37-38-39-41-43-46-49-52-55-58-61-64-70(73)76-67-68(66-75-69(72)63-60-57-54-51-48-45-42-27-24-21-18-15-12-9-6-3)77-71(74)65-62-59-56-53-50-47-44-40-29-26-23-20-17-14-11-8-5-2/h7-12,16-21,25-29,31-32,34-35,37-38,41-43,48,51,68H,4-6,13-15,22-24,30,33,36,39-40,44-47,49-50,52-67H2,1-3H3/b10-7-,11-8-,12-9-,19-16-,20-17-,21-18-,28-25-,29-26-,32-31-,35-34-,38-37-,42-27-,43-41-,51-48-. The highest BCUT2D eigenvalue weighted by atomic mass is 16.6. The van der Waals surface area contributed by atoms with Crippen LogP contribution in [-0.4, -0.2) is 37.2 Å². The molecule has 6 heteroatoms.